The van der Waals surface area contributed by atoms with E-state index in [1.807, 2.05) is 18.7 Å². The highest BCUT2D eigenvalue weighted by Gasteiger charge is 1.97. The summed E-state index contributed by atoms with van der Waals surface area (Å²) in [6, 6.07) is 0. The molecular weight excluding hydrogens is 132 g/mol. The molecule has 0 aliphatic heterocycles. The Morgan fingerprint density at radius 1 is 1.67 bits per heavy atom. The van der Waals surface area contributed by atoms with Crippen LogP contribution in [0.1, 0.15) is 13.3 Å². The first-order valence-corrected chi connectivity index (χ1v) is 4.64. The van der Waals surface area contributed by atoms with Crippen LogP contribution in [-0.2, 0) is 4.74 Å². The molecular formula is C7H15OS. The Labute approximate surface area is 62.2 Å². The van der Waals surface area contributed by atoms with Gasteiger partial charge in [0.05, 0.1) is 6.10 Å². The molecule has 55 valence electrons. The van der Waals surface area contributed by atoms with Gasteiger partial charge in [-0.05, 0) is 32.3 Å². The molecule has 0 aliphatic rings. The lowest BCUT2D eigenvalue weighted by molar-refractivity contribution is 0.0928. The Hall–Kier alpha value is 0.310. The second-order valence-electron chi connectivity index (χ2n) is 1.86. The van der Waals surface area contributed by atoms with E-state index in [2.05, 4.69) is 13.2 Å². The molecule has 0 heterocycles. The van der Waals surface area contributed by atoms with Crippen LogP contribution in [0.5, 0.6) is 0 Å². The van der Waals surface area contributed by atoms with Crippen molar-refractivity contribution >= 4 is 11.8 Å². The molecule has 0 rings (SSSR count). The summed E-state index contributed by atoms with van der Waals surface area (Å²) in [7, 11) is 0. The van der Waals surface area contributed by atoms with Gasteiger partial charge in [0, 0.05) is 6.61 Å². The van der Waals surface area contributed by atoms with Crippen LogP contribution < -0.4 is 0 Å². The molecule has 0 saturated carbocycles. The third-order valence-electron chi connectivity index (χ3n) is 1.05. The first-order valence-electron chi connectivity index (χ1n) is 3.24. The lowest BCUT2D eigenvalue weighted by atomic mass is 10.3. The highest BCUT2D eigenvalue weighted by atomic mass is 32.2. The fraction of sp³-hybridized carbons (Fsp3) is 0.857. The summed E-state index contributed by atoms with van der Waals surface area (Å²) in [5.74, 6) is 1.15. The van der Waals surface area contributed by atoms with Crippen LogP contribution in [0, 0.1) is 6.92 Å². The van der Waals surface area contributed by atoms with E-state index in [9.17, 15) is 0 Å². The van der Waals surface area contributed by atoms with Crippen LogP contribution in [0.3, 0.4) is 0 Å². The average molecular weight is 147 g/mol. The SMILES string of the molecule is [CH2]C(CCSC)OCC. The molecule has 9 heavy (non-hydrogen) atoms. The minimum absolute atomic E-state index is 0.197. The van der Waals surface area contributed by atoms with Crippen molar-refractivity contribution in [2.75, 3.05) is 18.6 Å². The molecule has 0 aliphatic carbocycles. The Morgan fingerprint density at radius 3 is 2.78 bits per heavy atom. The number of hydrogen-bond acceptors (Lipinski definition) is 2. The summed E-state index contributed by atoms with van der Waals surface area (Å²) < 4.78 is 5.22. The van der Waals surface area contributed by atoms with Gasteiger partial charge in [0.1, 0.15) is 0 Å². The molecule has 0 aromatic heterocycles. The third-order valence-corrected chi connectivity index (χ3v) is 1.69. The second-order valence-corrected chi connectivity index (χ2v) is 2.84. The maximum atomic E-state index is 5.22. The lowest BCUT2D eigenvalue weighted by Gasteiger charge is -2.08. The van der Waals surface area contributed by atoms with E-state index in [0.29, 0.717) is 0 Å². The van der Waals surface area contributed by atoms with E-state index in [-0.39, 0.29) is 6.10 Å². The molecule has 0 saturated heterocycles. The molecule has 1 unspecified atom stereocenters. The number of ether oxygens (including phenoxy) is 1. The lowest BCUT2D eigenvalue weighted by Crippen LogP contribution is -2.08. The van der Waals surface area contributed by atoms with E-state index in [4.69, 9.17) is 4.74 Å². The predicted octanol–water partition coefficient (Wildman–Crippen LogP) is 1.98. The van der Waals surface area contributed by atoms with Crippen molar-refractivity contribution in [2.45, 2.75) is 19.4 Å². The van der Waals surface area contributed by atoms with Gasteiger partial charge in [0.25, 0.3) is 0 Å². The molecule has 1 radical (unpaired) electrons. The molecule has 1 nitrogen and oxygen atoms in total. The number of thioether (sulfide) groups is 1. The van der Waals surface area contributed by atoms with Crippen LogP contribution in [0.25, 0.3) is 0 Å². The van der Waals surface area contributed by atoms with Crippen molar-refractivity contribution in [3.05, 3.63) is 6.92 Å². The quantitative estimate of drug-likeness (QED) is 0.588. The molecule has 1 atom stereocenters. The van der Waals surface area contributed by atoms with Crippen molar-refractivity contribution in [3.8, 4) is 0 Å². The second kappa shape index (κ2) is 6.43. The molecule has 0 spiro atoms. The zero-order valence-electron chi connectivity index (χ0n) is 6.22. The van der Waals surface area contributed by atoms with Gasteiger partial charge in [-0.1, -0.05) is 0 Å². The van der Waals surface area contributed by atoms with Gasteiger partial charge in [-0.25, -0.2) is 0 Å². The first kappa shape index (κ1) is 9.31. The maximum Gasteiger partial charge on any atom is 0.0583 e. The average Bonchev–Trinajstić information content (AvgIpc) is 1.85. The molecule has 0 aromatic carbocycles. The van der Waals surface area contributed by atoms with Crippen molar-refractivity contribution in [2.24, 2.45) is 0 Å². The summed E-state index contributed by atoms with van der Waals surface area (Å²) in [5.41, 5.74) is 0. The Bertz CT molecular complexity index is 56.9. The molecule has 0 amide bonds. The fourth-order valence-corrected chi connectivity index (χ4v) is 1.07. The van der Waals surface area contributed by atoms with Crippen molar-refractivity contribution < 1.29 is 4.74 Å². The molecule has 0 aromatic rings. The van der Waals surface area contributed by atoms with Gasteiger partial charge in [-0.3, -0.25) is 0 Å². The van der Waals surface area contributed by atoms with Crippen LogP contribution in [0.15, 0.2) is 0 Å². The Kier molecular flexibility index (Phi) is 6.65. The van der Waals surface area contributed by atoms with Crippen LogP contribution in [0.2, 0.25) is 0 Å². The first-order chi connectivity index (χ1) is 4.31. The number of hydrogen-bond donors (Lipinski definition) is 0. The van der Waals surface area contributed by atoms with Gasteiger partial charge < -0.3 is 4.74 Å². The standard InChI is InChI=1S/C7H15OS/c1-4-8-7(2)5-6-9-3/h7H,2,4-6H2,1,3H3. The summed E-state index contributed by atoms with van der Waals surface area (Å²) in [5, 5.41) is 0. The monoisotopic (exact) mass is 147 g/mol. The van der Waals surface area contributed by atoms with Gasteiger partial charge in [-0.15, -0.1) is 0 Å². The normalized spacial score (nSPS) is 13.7. The third kappa shape index (κ3) is 6.19. The highest BCUT2D eigenvalue weighted by molar-refractivity contribution is 7.98. The summed E-state index contributed by atoms with van der Waals surface area (Å²) in [6.45, 7) is 6.61. The molecule has 0 N–H and O–H groups in total. The van der Waals surface area contributed by atoms with E-state index in [1.54, 1.807) is 0 Å². The highest BCUT2D eigenvalue weighted by Crippen LogP contribution is 2.02. The number of rotatable bonds is 5. The van der Waals surface area contributed by atoms with Gasteiger partial charge >= 0.3 is 0 Å². The van der Waals surface area contributed by atoms with Crippen LogP contribution in [0.4, 0.5) is 0 Å². The van der Waals surface area contributed by atoms with Crippen LogP contribution in [-0.4, -0.2) is 24.7 Å². The van der Waals surface area contributed by atoms with E-state index in [1.165, 1.54) is 0 Å². The smallest absolute Gasteiger partial charge is 0.0583 e. The minimum Gasteiger partial charge on any atom is -0.378 e. The van der Waals surface area contributed by atoms with Crippen LogP contribution >= 0.6 is 11.8 Å². The summed E-state index contributed by atoms with van der Waals surface area (Å²) in [4.78, 5) is 0. The Morgan fingerprint density at radius 2 is 2.33 bits per heavy atom. The zero-order valence-corrected chi connectivity index (χ0v) is 7.04. The molecule has 2 heteroatoms. The van der Waals surface area contributed by atoms with E-state index >= 15 is 0 Å². The Balaban J connectivity index is 2.95. The minimum atomic E-state index is 0.197. The van der Waals surface area contributed by atoms with Crippen molar-refractivity contribution in [1.29, 1.82) is 0 Å². The topological polar surface area (TPSA) is 9.23 Å². The zero-order chi connectivity index (χ0) is 7.11. The van der Waals surface area contributed by atoms with Gasteiger partial charge in [0.2, 0.25) is 0 Å². The van der Waals surface area contributed by atoms with Gasteiger partial charge in [0.15, 0.2) is 0 Å². The molecule has 0 bridgehead atoms. The summed E-state index contributed by atoms with van der Waals surface area (Å²) in [6.07, 6.45) is 3.36. The van der Waals surface area contributed by atoms with Crippen molar-refractivity contribution in [1.82, 2.24) is 0 Å². The molecule has 0 fully saturated rings. The van der Waals surface area contributed by atoms with Crippen molar-refractivity contribution in [3.63, 3.8) is 0 Å². The van der Waals surface area contributed by atoms with E-state index in [0.717, 1.165) is 18.8 Å². The van der Waals surface area contributed by atoms with Gasteiger partial charge in [-0.2, -0.15) is 11.8 Å². The summed E-state index contributed by atoms with van der Waals surface area (Å²) >= 11 is 1.84. The largest absolute Gasteiger partial charge is 0.378 e. The van der Waals surface area contributed by atoms with E-state index < -0.39 is 0 Å². The predicted molar refractivity (Wildman–Crippen MR) is 43.8 cm³/mol. The fourth-order valence-electron chi connectivity index (χ4n) is 0.568. The maximum absolute atomic E-state index is 5.22.